The fourth-order valence-corrected chi connectivity index (χ4v) is 5.64. The van der Waals surface area contributed by atoms with Gasteiger partial charge < -0.3 is 28.8 Å². The van der Waals surface area contributed by atoms with Crippen LogP contribution in [0.1, 0.15) is 33.3 Å². The van der Waals surface area contributed by atoms with Crippen LogP contribution in [-0.4, -0.2) is 85.7 Å². The molecule has 43 heavy (non-hydrogen) atoms. The normalized spacial score (nSPS) is 14.6. The zero-order chi connectivity index (χ0) is 31.2. The maximum Gasteiger partial charge on any atom is 0.410 e. The van der Waals surface area contributed by atoms with Gasteiger partial charge in [0.25, 0.3) is 0 Å². The quantitative estimate of drug-likeness (QED) is 0.376. The van der Waals surface area contributed by atoms with Crippen LogP contribution < -0.4 is 9.50 Å². The predicted molar refractivity (Wildman–Crippen MR) is 158 cm³/mol. The van der Waals surface area contributed by atoms with E-state index in [4.69, 9.17) is 13.7 Å². The number of rotatable bonds is 8. The number of aromatic nitrogens is 1. The topological polar surface area (TPSA) is 144 Å². The zero-order valence-corrected chi connectivity index (χ0v) is 25.4. The summed E-state index contributed by atoms with van der Waals surface area (Å²) in [7, 11) is -4.18. The largest absolute Gasteiger partial charge is 0.450 e. The van der Waals surface area contributed by atoms with Gasteiger partial charge in [-0.05, 0) is 57.5 Å². The van der Waals surface area contributed by atoms with Crippen LogP contribution in [0.4, 0.5) is 9.59 Å². The number of nitrogens with one attached hydrogen (secondary N) is 1. The van der Waals surface area contributed by atoms with E-state index in [1.807, 2.05) is 0 Å². The molecule has 0 radical (unpaired) electrons. The first-order chi connectivity index (χ1) is 20.4. The minimum absolute atomic E-state index is 0.0502. The Balaban J connectivity index is 1.44. The highest BCUT2D eigenvalue weighted by atomic mass is 32.2. The van der Waals surface area contributed by atoms with Crippen molar-refractivity contribution >= 4 is 39.1 Å². The second-order valence-corrected chi connectivity index (χ2v) is 12.4. The Morgan fingerprint density at radius 3 is 2.26 bits per heavy atom. The minimum Gasteiger partial charge on any atom is -0.450 e. The number of hydrogen-bond donors (Lipinski definition) is 1. The zero-order valence-electron chi connectivity index (χ0n) is 24.6. The van der Waals surface area contributed by atoms with Crippen LogP contribution in [0, 0.1) is 0 Å². The van der Waals surface area contributed by atoms with E-state index >= 15 is 0 Å². The van der Waals surface area contributed by atoms with Crippen molar-refractivity contribution in [2.75, 3.05) is 32.8 Å². The molecule has 3 aromatic rings. The third-order valence-corrected chi connectivity index (χ3v) is 7.82. The Morgan fingerprint density at radius 2 is 1.60 bits per heavy atom. The van der Waals surface area contributed by atoms with E-state index in [0.29, 0.717) is 29.6 Å². The second kappa shape index (κ2) is 13.3. The van der Waals surface area contributed by atoms with Gasteiger partial charge in [-0.1, -0.05) is 30.3 Å². The third kappa shape index (κ3) is 8.34. The minimum atomic E-state index is -4.18. The van der Waals surface area contributed by atoms with Crippen LogP contribution in [0.5, 0.6) is 5.75 Å². The molecule has 1 aliphatic rings. The number of alkyl carbamates (subject to hydrolysis) is 1. The summed E-state index contributed by atoms with van der Waals surface area (Å²) in [5, 5.41) is 3.29. The average Bonchev–Trinajstić information content (AvgIpc) is 2.96. The van der Waals surface area contributed by atoms with E-state index in [-0.39, 0.29) is 42.7 Å². The van der Waals surface area contributed by atoms with Crippen LogP contribution in [0.15, 0.2) is 65.7 Å². The van der Waals surface area contributed by atoms with Gasteiger partial charge in [-0.3, -0.25) is 9.78 Å². The van der Waals surface area contributed by atoms with E-state index < -0.39 is 33.9 Å². The van der Waals surface area contributed by atoms with E-state index in [1.165, 1.54) is 24.4 Å². The molecule has 1 fully saturated rings. The molecule has 2 aromatic carbocycles. The second-order valence-electron chi connectivity index (χ2n) is 10.9. The summed E-state index contributed by atoms with van der Waals surface area (Å²) in [6.45, 7) is 8.28. The number of ether oxygens (including phenoxy) is 2. The molecule has 1 N–H and O–H groups in total. The van der Waals surface area contributed by atoms with Gasteiger partial charge in [0.2, 0.25) is 5.91 Å². The van der Waals surface area contributed by atoms with Crippen molar-refractivity contribution in [1.82, 2.24) is 20.1 Å². The fraction of sp³-hybridized carbons (Fsp3) is 0.400. The number of hydrogen-bond acceptors (Lipinski definition) is 9. The highest BCUT2D eigenvalue weighted by Gasteiger charge is 2.32. The van der Waals surface area contributed by atoms with Gasteiger partial charge in [-0.15, -0.1) is 0 Å². The number of nitrogens with zero attached hydrogens (tertiary/aromatic N) is 3. The van der Waals surface area contributed by atoms with Gasteiger partial charge >= 0.3 is 22.3 Å². The van der Waals surface area contributed by atoms with Gasteiger partial charge in [-0.2, -0.15) is 8.42 Å². The Kier molecular flexibility index (Phi) is 9.74. The first-order valence-corrected chi connectivity index (χ1v) is 15.3. The van der Waals surface area contributed by atoms with Crippen molar-refractivity contribution in [2.45, 2.75) is 50.7 Å². The lowest BCUT2D eigenvalue weighted by molar-refractivity contribution is -0.135. The number of amides is 3. The highest BCUT2D eigenvalue weighted by Crippen LogP contribution is 2.25. The van der Waals surface area contributed by atoms with Crippen LogP contribution in [0.2, 0.25) is 0 Å². The van der Waals surface area contributed by atoms with Gasteiger partial charge in [0.1, 0.15) is 22.3 Å². The first kappa shape index (κ1) is 31.5. The average molecular weight is 613 g/mol. The summed E-state index contributed by atoms with van der Waals surface area (Å²) >= 11 is 0. The summed E-state index contributed by atoms with van der Waals surface area (Å²) in [5.74, 6) is -0.251. The van der Waals surface area contributed by atoms with Crippen LogP contribution in [-0.2, 0) is 30.8 Å². The molecule has 2 heterocycles. The summed E-state index contributed by atoms with van der Waals surface area (Å²) in [6, 6.07) is 13.6. The van der Waals surface area contributed by atoms with Crippen LogP contribution >= 0.6 is 0 Å². The van der Waals surface area contributed by atoms with E-state index in [0.717, 1.165) is 0 Å². The molecule has 0 saturated carbocycles. The van der Waals surface area contributed by atoms with Gasteiger partial charge in [-0.25, -0.2) is 9.59 Å². The Hall–Kier alpha value is -4.39. The lowest BCUT2D eigenvalue weighted by Gasteiger charge is -2.37. The van der Waals surface area contributed by atoms with E-state index in [9.17, 15) is 22.8 Å². The maximum absolute atomic E-state index is 13.5. The molecule has 1 aromatic heterocycles. The predicted octanol–water partition coefficient (Wildman–Crippen LogP) is 3.74. The number of carbonyl (C=O) groups is 3. The third-order valence-electron chi connectivity index (χ3n) is 6.54. The standard InChI is InChI=1S/C30H36N4O8S/c1-5-40-28(36)32-24(27(35)33-16-18-34(19-17-33)29(37)41-30(2,3)4)20-21-11-13-23(14-12-21)42-43(38,39)25-10-6-8-22-9-7-15-31-26(22)25/h6-15,24H,5,16-20H2,1-4H3,(H,32,36)/t24-/m0/s1. The van der Waals surface area contributed by atoms with Crippen LogP contribution in [0.3, 0.4) is 0 Å². The maximum atomic E-state index is 13.5. The molecule has 0 spiro atoms. The lowest BCUT2D eigenvalue weighted by atomic mass is 10.0. The summed E-state index contributed by atoms with van der Waals surface area (Å²) < 4.78 is 41.9. The number of fused-ring (bicyclic) bond motifs is 1. The molecular weight excluding hydrogens is 576 g/mol. The number of carbonyl (C=O) groups excluding carboxylic acids is 3. The van der Waals surface area contributed by atoms with Gasteiger partial charge in [0, 0.05) is 44.2 Å². The van der Waals surface area contributed by atoms with Crippen molar-refractivity contribution in [3.63, 3.8) is 0 Å². The fourth-order valence-electron chi connectivity index (χ4n) is 4.54. The molecule has 3 amide bonds. The molecule has 0 unspecified atom stereocenters. The molecule has 1 saturated heterocycles. The molecule has 1 aliphatic heterocycles. The Labute approximate surface area is 251 Å². The van der Waals surface area contributed by atoms with Crippen molar-refractivity contribution in [3.05, 3.63) is 66.4 Å². The van der Waals surface area contributed by atoms with Crippen LogP contribution in [0.25, 0.3) is 10.9 Å². The Morgan fingerprint density at radius 1 is 0.953 bits per heavy atom. The molecule has 230 valence electrons. The van der Waals surface area contributed by atoms with Crippen molar-refractivity contribution in [2.24, 2.45) is 0 Å². The lowest BCUT2D eigenvalue weighted by Crippen LogP contribution is -2.56. The number of para-hydroxylation sites is 1. The molecule has 1 atom stereocenters. The summed E-state index contributed by atoms with van der Waals surface area (Å²) in [4.78, 5) is 45.4. The summed E-state index contributed by atoms with van der Waals surface area (Å²) in [5.41, 5.74) is 0.329. The smallest absolute Gasteiger partial charge is 0.410 e. The van der Waals surface area contributed by atoms with E-state index in [2.05, 4.69) is 10.3 Å². The molecule has 0 aliphatic carbocycles. The molecule has 0 bridgehead atoms. The Bertz CT molecular complexity index is 1560. The SMILES string of the molecule is CCOC(=O)N[C@@H](Cc1ccc(OS(=O)(=O)c2cccc3cccnc23)cc1)C(=O)N1CCN(C(=O)OC(C)(C)C)CC1. The number of piperazine rings is 1. The number of pyridine rings is 1. The van der Waals surface area contributed by atoms with Crippen molar-refractivity contribution < 1.29 is 36.5 Å². The van der Waals surface area contributed by atoms with Crippen molar-refractivity contribution in [1.29, 1.82) is 0 Å². The first-order valence-electron chi connectivity index (χ1n) is 13.9. The molecule has 12 nitrogen and oxygen atoms in total. The number of benzene rings is 2. The van der Waals surface area contributed by atoms with E-state index in [1.54, 1.807) is 73.9 Å². The monoisotopic (exact) mass is 612 g/mol. The van der Waals surface area contributed by atoms with Gasteiger partial charge in [0.15, 0.2) is 0 Å². The molecule has 4 rings (SSSR count). The van der Waals surface area contributed by atoms with Crippen molar-refractivity contribution in [3.8, 4) is 5.75 Å². The molecular formula is C30H36N4O8S. The molecule has 13 heteroatoms. The highest BCUT2D eigenvalue weighted by molar-refractivity contribution is 7.87. The van der Waals surface area contributed by atoms with Gasteiger partial charge in [0.05, 0.1) is 12.1 Å². The summed E-state index contributed by atoms with van der Waals surface area (Å²) in [6.07, 6.45) is 0.452.